The Morgan fingerprint density at radius 2 is 2.05 bits per heavy atom. The SMILES string of the molecule is CCc1sc(C(=O)NC(C)c2nc(C)c(C(=O)O)s2)cc1C. The molecule has 0 saturated carbocycles. The predicted molar refractivity (Wildman–Crippen MR) is 88.1 cm³/mol. The lowest BCUT2D eigenvalue weighted by atomic mass is 10.2. The van der Waals surface area contributed by atoms with E-state index in [9.17, 15) is 9.59 Å². The van der Waals surface area contributed by atoms with Crippen LogP contribution in [0.3, 0.4) is 0 Å². The second-order valence-corrected chi connectivity index (χ2v) is 7.20. The number of thiazole rings is 1. The number of hydrogen-bond donors (Lipinski definition) is 2. The number of hydrogen-bond acceptors (Lipinski definition) is 5. The second kappa shape index (κ2) is 6.58. The topological polar surface area (TPSA) is 79.3 Å². The molecule has 0 aliphatic heterocycles. The molecule has 2 rings (SSSR count). The number of aromatic carboxylic acids is 1. The van der Waals surface area contributed by atoms with Gasteiger partial charge in [-0.2, -0.15) is 0 Å². The van der Waals surface area contributed by atoms with Gasteiger partial charge in [-0.15, -0.1) is 22.7 Å². The lowest BCUT2D eigenvalue weighted by Gasteiger charge is -2.09. The summed E-state index contributed by atoms with van der Waals surface area (Å²) in [4.78, 5) is 29.7. The molecule has 1 amide bonds. The molecule has 0 aliphatic carbocycles. The first kappa shape index (κ1) is 16.6. The van der Waals surface area contributed by atoms with E-state index in [2.05, 4.69) is 17.2 Å². The second-order valence-electron chi connectivity index (χ2n) is 5.04. The van der Waals surface area contributed by atoms with Gasteiger partial charge in [-0.25, -0.2) is 9.78 Å². The average molecular weight is 338 g/mol. The Kier molecular flexibility index (Phi) is 4.97. The van der Waals surface area contributed by atoms with Gasteiger partial charge in [0, 0.05) is 4.88 Å². The van der Waals surface area contributed by atoms with Crippen LogP contribution in [-0.4, -0.2) is 22.0 Å². The monoisotopic (exact) mass is 338 g/mol. The van der Waals surface area contributed by atoms with Crippen molar-refractivity contribution in [3.8, 4) is 0 Å². The minimum absolute atomic E-state index is 0.148. The fourth-order valence-corrected chi connectivity index (χ4v) is 4.04. The molecule has 0 saturated heterocycles. The van der Waals surface area contributed by atoms with Gasteiger partial charge in [0.05, 0.1) is 16.6 Å². The van der Waals surface area contributed by atoms with E-state index in [0.29, 0.717) is 15.6 Å². The number of carboxylic acids is 1. The van der Waals surface area contributed by atoms with Crippen molar-refractivity contribution in [2.75, 3.05) is 0 Å². The number of carbonyl (C=O) groups excluding carboxylic acids is 1. The van der Waals surface area contributed by atoms with Gasteiger partial charge in [0.2, 0.25) is 0 Å². The third-order valence-electron chi connectivity index (χ3n) is 3.29. The van der Waals surface area contributed by atoms with E-state index in [-0.39, 0.29) is 16.8 Å². The maximum Gasteiger partial charge on any atom is 0.347 e. The number of aromatic nitrogens is 1. The number of aryl methyl sites for hydroxylation is 3. The Balaban J connectivity index is 2.13. The predicted octanol–water partition coefficient (Wildman–Crippen LogP) is 3.57. The van der Waals surface area contributed by atoms with Crippen molar-refractivity contribution < 1.29 is 14.7 Å². The van der Waals surface area contributed by atoms with E-state index in [0.717, 1.165) is 23.3 Å². The van der Waals surface area contributed by atoms with Crippen LogP contribution >= 0.6 is 22.7 Å². The Morgan fingerprint density at radius 3 is 2.55 bits per heavy atom. The molecule has 1 atom stereocenters. The number of carbonyl (C=O) groups is 2. The summed E-state index contributed by atoms with van der Waals surface area (Å²) >= 11 is 2.60. The molecule has 0 bridgehead atoms. The number of thiophene rings is 1. The quantitative estimate of drug-likeness (QED) is 0.873. The molecule has 1 unspecified atom stereocenters. The smallest absolute Gasteiger partial charge is 0.347 e. The largest absolute Gasteiger partial charge is 0.477 e. The van der Waals surface area contributed by atoms with Crippen molar-refractivity contribution in [2.24, 2.45) is 0 Å². The van der Waals surface area contributed by atoms with Gasteiger partial charge in [0.15, 0.2) is 0 Å². The van der Waals surface area contributed by atoms with Crippen molar-refractivity contribution in [1.29, 1.82) is 0 Å². The van der Waals surface area contributed by atoms with Crippen molar-refractivity contribution in [3.05, 3.63) is 37.0 Å². The van der Waals surface area contributed by atoms with E-state index >= 15 is 0 Å². The minimum Gasteiger partial charge on any atom is -0.477 e. The van der Waals surface area contributed by atoms with Crippen LogP contribution in [0.4, 0.5) is 0 Å². The van der Waals surface area contributed by atoms with Crippen LogP contribution in [0.15, 0.2) is 6.07 Å². The minimum atomic E-state index is -0.985. The van der Waals surface area contributed by atoms with Crippen LogP contribution in [0.25, 0.3) is 0 Å². The Bertz CT molecular complexity index is 718. The van der Waals surface area contributed by atoms with Crippen molar-refractivity contribution in [3.63, 3.8) is 0 Å². The van der Waals surface area contributed by atoms with Gasteiger partial charge in [-0.1, -0.05) is 6.92 Å². The van der Waals surface area contributed by atoms with E-state index in [4.69, 9.17) is 5.11 Å². The summed E-state index contributed by atoms with van der Waals surface area (Å²) < 4.78 is 0. The third kappa shape index (κ3) is 3.36. The van der Waals surface area contributed by atoms with E-state index < -0.39 is 5.97 Å². The molecular weight excluding hydrogens is 320 g/mol. The third-order valence-corrected chi connectivity index (χ3v) is 6.00. The summed E-state index contributed by atoms with van der Waals surface area (Å²) in [6, 6.07) is 1.57. The molecule has 0 radical (unpaired) electrons. The average Bonchev–Trinajstić information content (AvgIpc) is 3.01. The number of amides is 1. The normalized spacial score (nSPS) is 12.2. The molecule has 7 heteroatoms. The molecule has 0 aromatic carbocycles. The maximum absolute atomic E-state index is 12.3. The summed E-state index contributed by atoms with van der Waals surface area (Å²) in [5.41, 5.74) is 1.61. The van der Waals surface area contributed by atoms with Crippen molar-refractivity contribution in [1.82, 2.24) is 10.3 Å². The van der Waals surface area contributed by atoms with Gasteiger partial charge in [0.1, 0.15) is 9.88 Å². The zero-order valence-electron chi connectivity index (χ0n) is 12.9. The molecule has 0 aliphatic rings. The Labute approximate surface area is 137 Å². The highest BCUT2D eigenvalue weighted by molar-refractivity contribution is 7.14. The van der Waals surface area contributed by atoms with Gasteiger partial charge < -0.3 is 10.4 Å². The van der Waals surface area contributed by atoms with Crippen LogP contribution in [0.1, 0.15) is 60.4 Å². The molecule has 118 valence electrons. The standard InChI is InChI=1S/C15H18N2O3S2/c1-5-10-7(2)6-11(21-10)13(18)16-9(4)14-17-8(3)12(22-14)15(19)20/h6,9H,5H2,1-4H3,(H,16,18)(H,19,20). The number of nitrogens with one attached hydrogen (secondary N) is 1. The van der Waals surface area contributed by atoms with E-state index in [1.54, 1.807) is 6.92 Å². The van der Waals surface area contributed by atoms with Crippen LogP contribution in [0.5, 0.6) is 0 Å². The summed E-state index contributed by atoms with van der Waals surface area (Å²) in [5.74, 6) is -1.13. The zero-order chi connectivity index (χ0) is 16.4. The zero-order valence-corrected chi connectivity index (χ0v) is 14.5. The fourth-order valence-electron chi connectivity index (χ4n) is 2.11. The number of nitrogens with zero attached hydrogens (tertiary/aromatic N) is 1. The highest BCUT2D eigenvalue weighted by Crippen LogP contribution is 2.26. The lowest BCUT2D eigenvalue weighted by molar-refractivity contribution is 0.0701. The van der Waals surface area contributed by atoms with Crippen molar-refractivity contribution in [2.45, 2.75) is 40.2 Å². The molecule has 0 fully saturated rings. The van der Waals surface area contributed by atoms with Crippen LogP contribution in [0, 0.1) is 13.8 Å². The summed E-state index contributed by atoms with van der Waals surface area (Å²) in [5, 5.41) is 12.6. The van der Waals surface area contributed by atoms with Crippen LogP contribution in [-0.2, 0) is 6.42 Å². The van der Waals surface area contributed by atoms with Crippen LogP contribution < -0.4 is 5.32 Å². The molecule has 2 heterocycles. The molecular formula is C15H18N2O3S2. The van der Waals surface area contributed by atoms with E-state index in [1.165, 1.54) is 16.2 Å². The van der Waals surface area contributed by atoms with E-state index in [1.807, 2.05) is 19.9 Å². The summed E-state index contributed by atoms with van der Waals surface area (Å²) in [6.45, 7) is 7.53. The molecule has 0 spiro atoms. The van der Waals surface area contributed by atoms with Crippen LogP contribution in [0.2, 0.25) is 0 Å². The molecule has 2 N–H and O–H groups in total. The Hall–Kier alpha value is -1.73. The lowest BCUT2D eigenvalue weighted by Crippen LogP contribution is -2.25. The van der Waals surface area contributed by atoms with Gasteiger partial charge in [-0.3, -0.25) is 4.79 Å². The maximum atomic E-state index is 12.3. The molecule has 2 aromatic heterocycles. The molecule has 5 nitrogen and oxygen atoms in total. The molecule has 22 heavy (non-hydrogen) atoms. The summed E-state index contributed by atoms with van der Waals surface area (Å²) in [6.07, 6.45) is 0.910. The highest BCUT2D eigenvalue weighted by Gasteiger charge is 2.20. The first-order chi connectivity index (χ1) is 10.3. The first-order valence-electron chi connectivity index (χ1n) is 6.94. The van der Waals surface area contributed by atoms with Gasteiger partial charge in [-0.05, 0) is 38.8 Å². The van der Waals surface area contributed by atoms with Gasteiger partial charge >= 0.3 is 5.97 Å². The van der Waals surface area contributed by atoms with Crippen molar-refractivity contribution >= 4 is 34.6 Å². The molecule has 2 aromatic rings. The fraction of sp³-hybridized carbons (Fsp3) is 0.400. The first-order valence-corrected chi connectivity index (χ1v) is 8.57. The number of rotatable bonds is 5. The highest BCUT2D eigenvalue weighted by atomic mass is 32.1. The summed E-state index contributed by atoms with van der Waals surface area (Å²) in [7, 11) is 0. The Morgan fingerprint density at radius 1 is 1.36 bits per heavy atom. The number of carboxylic acid groups (broad SMARTS) is 1. The van der Waals surface area contributed by atoms with Gasteiger partial charge in [0.25, 0.3) is 5.91 Å².